The Hall–Kier alpha value is -2.29. The van der Waals surface area contributed by atoms with Crippen molar-refractivity contribution >= 4 is 17.7 Å². The van der Waals surface area contributed by atoms with Crippen LogP contribution in [-0.2, 0) is 47.5 Å². The molecule has 0 amide bonds. The molecule has 5 aliphatic carbocycles. The number of carbonyl (C=O) groups excluding carboxylic acids is 3. The summed E-state index contributed by atoms with van der Waals surface area (Å²) in [7, 11) is 1.33. The van der Waals surface area contributed by atoms with Crippen LogP contribution in [0.5, 0.6) is 0 Å². The molecular formula is C48H74O21. The Bertz CT molecular complexity index is 1970. The van der Waals surface area contributed by atoms with Crippen LogP contribution in [0.3, 0.4) is 0 Å². The van der Waals surface area contributed by atoms with Crippen LogP contribution in [0.2, 0.25) is 0 Å². The summed E-state index contributed by atoms with van der Waals surface area (Å²) in [5.41, 5.74) is -4.13. The van der Waals surface area contributed by atoms with Crippen molar-refractivity contribution < 1.29 is 104 Å². The first-order chi connectivity index (χ1) is 32.4. The standard InChI is InChI=1S/C48H74O21/c1-43(41(61)63-6)11-13-48(42(62)69-40-36(60)33(57)30(54)25(18-50)66-40)14-12-46(4)21(22(48)15-43)7-8-28-44(2)16-23(52)37(45(3,20-51)27(44)9-10-47(28,46)5)68-38-34(58)31(55)26(19-64-38)67-39-35(59)32(56)29(53)24(17-49)65-39/h7,22,24-40,49-51,53-60H,8-20H2,1-6H3. The lowest BCUT2D eigenvalue weighted by Crippen LogP contribution is -2.69. The summed E-state index contributed by atoms with van der Waals surface area (Å²) < 4.78 is 40.1. The second-order valence-corrected chi connectivity index (χ2v) is 22.7. The number of carbonyl (C=O) groups is 3. The van der Waals surface area contributed by atoms with Crippen molar-refractivity contribution in [1.82, 2.24) is 0 Å². The van der Waals surface area contributed by atoms with Crippen molar-refractivity contribution in [2.45, 2.75) is 185 Å². The van der Waals surface area contributed by atoms with Gasteiger partial charge in [-0.2, -0.15) is 0 Å². The number of methoxy groups -OCH3 is 1. The van der Waals surface area contributed by atoms with Crippen LogP contribution in [-0.4, -0.2) is 200 Å². The highest BCUT2D eigenvalue weighted by molar-refractivity contribution is 5.86. The highest BCUT2D eigenvalue weighted by Gasteiger charge is 2.72. The Morgan fingerprint density at radius 2 is 1.29 bits per heavy atom. The van der Waals surface area contributed by atoms with Crippen molar-refractivity contribution in [2.75, 3.05) is 33.5 Å². The van der Waals surface area contributed by atoms with Crippen LogP contribution < -0.4 is 0 Å². The Morgan fingerprint density at radius 1 is 0.696 bits per heavy atom. The van der Waals surface area contributed by atoms with Gasteiger partial charge in [0.25, 0.3) is 0 Å². The zero-order chi connectivity index (χ0) is 50.6. The molecule has 0 spiro atoms. The first-order valence-electron chi connectivity index (χ1n) is 24.4. The minimum atomic E-state index is -1.80. The fraction of sp³-hybridized carbons (Fsp3) is 0.896. The van der Waals surface area contributed by atoms with Crippen LogP contribution in [0.4, 0.5) is 0 Å². The Morgan fingerprint density at radius 3 is 1.90 bits per heavy atom. The topological polar surface area (TPSA) is 338 Å². The minimum absolute atomic E-state index is 0.0465. The zero-order valence-corrected chi connectivity index (χ0v) is 40.2. The van der Waals surface area contributed by atoms with Gasteiger partial charge in [0, 0.05) is 11.8 Å². The van der Waals surface area contributed by atoms with Gasteiger partial charge in [0.05, 0.1) is 44.4 Å². The highest BCUT2D eigenvalue weighted by Crippen LogP contribution is 2.76. The zero-order valence-electron chi connectivity index (χ0n) is 40.2. The van der Waals surface area contributed by atoms with Gasteiger partial charge in [0.2, 0.25) is 6.29 Å². The van der Waals surface area contributed by atoms with E-state index in [2.05, 4.69) is 26.8 Å². The smallest absolute Gasteiger partial charge is 0.315 e. The van der Waals surface area contributed by atoms with E-state index in [1.54, 1.807) is 6.92 Å². The minimum Gasteiger partial charge on any atom is -0.469 e. The first-order valence-corrected chi connectivity index (χ1v) is 24.4. The molecule has 0 aromatic rings. The van der Waals surface area contributed by atoms with Crippen molar-refractivity contribution in [3.8, 4) is 0 Å². The molecule has 3 aliphatic heterocycles. The number of aliphatic hydroxyl groups excluding tert-OH is 11. The van der Waals surface area contributed by atoms with Crippen LogP contribution in [0.25, 0.3) is 0 Å². The van der Waals surface area contributed by atoms with Crippen molar-refractivity contribution in [2.24, 2.45) is 50.2 Å². The normalized spacial score (nSPS) is 53.1. The fourth-order valence-corrected chi connectivity index (χ4v) is 14.9. The van der Waals surface area contributed by atoms with Crippen molar-refractivity contribution in [3.63, 3.8) is 0 Å². The quantitative estimate of drug-likeness (QED) is 0.0646. The maximum atomic E-state index is 14.8. The van der Waals surface area contributed by atoms with Gasteiger partial charge in [-0.15, -0.1) is 0 Å². The Balaban J connectivity index is 1.04. The van der Waals surface area contributed by atoms with E-state index in [0.717, 1.165) is 5.57 Å². The summed E-state index contributed by atoms with van der Waals surface area (Å²) in [6, 6.07) is 0. The molecule has 11 N–H and O–H groups in total. The number of hydrogen-bond acceptors (Lipinski definition) is 21. The van der Waals surface area contributed by atoms with Crippen LogP contribution in [0.1, 0.15) is 92.4 Å². The number of ether oxygens (including phenoxy) is 7. The van der Waals surface area contributed by atoms with Gasteiger partial charge in [-0.05, 0) is 92.3 Å². The molecule has 4 saturated carbocycles. The lowest BCUT2D eigenvalue weighted by Gasteiger charge is -2.71. The molecule has 24 unspecified atom stereocenters. The molecule has 24 atom stereocenters. The van der Waals surface area contributed by atoms with Crippen LogP contribution in [0.15, 0.2) is 11.6 Å². The molecule has 21 nitrogen and oxygen atoms in total. The third-order valence-electron chi connectivity index (χ3n) is 19.3. The third kappa shape index (κ3) is 8.08. The summed E-state index contributed by atoms with van der Waals surface area (Å²) in [4.78, 5) is 42.9. The summed E-state index contributed by atoms with van der Waals surface area (Å²) >= 11 is 0. The Labute approximate surface area is 400 Å². The molecule has 7 fully saturated rings. The number of hydrogen-bond donors (Lipinski definition) is 11. The molecule has 3 heterocycles. The SMILES string of the molecule is COC(=O)C1(C)CCC2(C(=O)OC3OC(CO)C(O)C(O)C3O)CCC3(C)C(=CCC4C5(C)CC(=O)C(OC6OCC(OC7OC(CO)C(O)C(O)C7O)C(O)C6O)C(C)(CO)C5CCC43C)C2C1. The molecule has 0 aromatic heterocycles. The van der Waals surface area contributed by atoms with E-state index >= 15 is 0 Å². The Kier molecular flexibility index (Phi) is 14.5. The molecule has 8 rings (SSSR count). The number of rotatable bonds is 10. The number of ketones is 1. The van der Waals surface area contributed by atoms with E-state index < -0.39 is 169 Å². The van der Waals surface area contributed by atoms with Crippen LogP contribution in [0, 0.1) is 50.2 Å². The average Bonchev–Trinajstić information content (AvgIpc) is 3.32. The fourth-order valence-electron chi connectivity index (χ4n) is 14.9. The van der Waals surface area contributed by atoms with Gasteiger partial charge in [0.1, 0.15) is 73.2 Å². The van der Waals surface area contributed by atoms with Gasteiger partial charge < -0.3 is 89.3 Å². The maximum absolute atomic E-state index is 14.8. The number of aliphatic hydroxyl groups is 11. The molecular weight excluding hydrogens is 913 g/mol. The molecule has 0 bridgehead atoms. The van der Waals surface area contributed by atoms with Gasteiger partial charge >= 0.3 is 11.9 Å². The number of esters is 2. The highest BCUT2D eigenvalue weighted by atomic mass is 16.7. The lowest BCUT2D eigenvalue weighted by molar-refractivity contribution is -0.349. The summed E-state index contributed by atoms with van der Waals surface area (Å²) in [6.07, 6.45) is -18.4. The van der Waals surface area contributed by atoms with Gasteiger partial charge in [-0.3, -0.25) is 14.4 Å². The molecule has 0 aromatic carbocycles. The summed E-state index contributed by atoms with van der Waals surface area (Å²) in [5, 5.41) is 116. The summed E-state index contributed by atoms with van der Waals surface area (Å²) in [6.45, 7) is 7.82. The van der Waals surface area contributed by atoms with Crippen molar-refractivity contribution in [1.29, 1.82) is 0 Å². The molecule has 8 aliphatic rings. The van der Waals surface area contributed by atoms with E-state index in [1.165, 1.54) is 7.11 Å². The second-order valence-electron chi connectivity index (χ2n) is 22.7. The molecule has 69 heavy (non-hydrogen) atoms. The molecule has 3 saturated heterocycles. The van der Waals surface area contributed by atoms with E-state index in [0.29, 0.717) is 38.5 Å². The van der Waals surface area contributed by atoms with Gasteiger partial charge in [-0.1, -0.05) is 39.3 Å². The monoisotopic (exact) mass is 986 g/mol. The van der Waals surface area contributed by atoms with Crippen molar-refractivity contribution in [3.05, 3.63) is 11.6 Å². The predicted molar refractivity (Wildman–Crippen MR) is 232 cm³/mol. The van der Waals surface area contributed by atoms with E-state index in [4.69, 9.17) is 33.2 Å². The molecule has 0 radical (unpaired) electrons. The third-order valence-corrected chi connectivity index (χ3v) is 19.3. The van der Waals surface area contributed by atoms with Gasteiger partial charge in [0.15, 0.2) is 18.4 Å². The maximum Gasteiger partial charge on any atom is 0.315 e. The second kappa shape index (κ2) is 18.9. The average molecular weight is 987 g/mol. The van der Waals surface area contributed by atoms with E-state index in [9.17, 15) is 70.6 Å². The predicted octanol–water partition coefficient (Wildman–Crippen LogP) is -1.92. The number of fused-ring (bicyclic) bond motifs is 7. The van der Waals surface area contributed by atoms with E-state index in [-0.39, 0.29) is 36.9 Å². The molecule has 392 valence electrons. The number of allylic oxidation sites excluding steroid dienone is 2. The lowest BCUT2D eigenvalue weighted by atomic mass is 9.33. The largest absolute Gasteiger partial charge is 0.469 e. The first kappa shape index (κ1) is 53.0. The van der Waals surface area contributed by atoms with E-state index in [1.807, 2.05) is 6.92 Å². The number of Topliss-reactive ketones (excluding diaryl/α,β-unsaturated/α-hetero) is 1. The summed E-state index contributed by atoms with van der Waals surface area (Å²) in [5.74, 6) is -2.40. The molecule has 21 heteroatoms. The van der Waals surface area contributed by atoms with Crippen LogP contribution >= 0.6 is 0 Å². The van der Waals surface area contributed by atoms with Gasteiger partial charge in [-0.25, -0.2) is 0 Å².